The van der Waals surface area contributed by atoms with Gasteiger partial charge in [0.05, 0.1) is 6.21 Å². The molecule has 122 valence electrons. The van der Waals surface area contributed by atoms with Gasteiger partial charge >= 0.3 is 12.2 Å². The van der Waals surface area contributed by atoms with Crippen molar-refractivity contribution >= 4 is 28.5 Å². The minimum atomic E-state index is -4.76. The van der Waals surface area contributed by atoms with E-state index in [2.05, 4.69) is 25.0 Å². The molecular formula is C12H8F4N4O2S. The predicted octanol–water partition coefficient (Wildman–Crippen LogP) is 3.13. The van der Waals surface area contributed by atoms with Gasteiger partial charge in [0.2, 0.25) is 5.13 Å². The molecule has 1 aliphatic heterocycles. The molecule has 6 nitrogen and oxygen atoms in total. The number of halogens is 4. The maximum Gasteiger partial charge on any atom is 0.507 e. The van der Waals surface area contributed by atoms with E-state index in [9.17, 15) is 17.6 Å². The fourth-order valence-electron chi connectivity index (χ4n) is 1.66. The van der Waals surface area contributed by atoms with Crippen LogP contribution >= 0.6 is 11.3 Å². The number of thiazole rings is 1. The van der Waals surface area contributed by atoms with Gasteiger partial charge in [0.1, 0.15) is 5.82 Å². The Kier molecular flexibility index (Phi) is 3.51. The van der Waals surface area contributed by atoms with Crippen molar-refractivity contribution in [1.29, 1.82) is 0 Å². The Hall–Kier alpha value is -2.56. The van der Waals surface area contributed by atoms with Gasteiger partial charge in [0, 0.05) is 5.38 Å². The summed E-state index contributed by atoms with van der Waals surface area (Å²) in [5.41, 5.74) is 8.33. The summed E-state index contributed by atoms with van der Waals surface area (Å²) in [7, 11) is 0. The molecule has 11 heteroatoms. The van der Waals surface area contributed by atoms with Gasteiger partial charge in [-0.3, -0.25) is 5.43 Å². The van der Waals surface area contributed by atoms with E-state index in [1.54, 1.807) is 5.38 Å². The molecule has 1 aromatic carbocycles. The highest BCUT2D eigenvalue weighted by Crippen LogP contribution is 2.46. The number of alkyl halides is 4. The summed E-state index contributed by atoms with van der Waals surface area (Å²) in [6, 6.07) is 3.53. The zero-order chi connectivity index (χ0) is 16.7. The molecule has 2 aromatic rings. The molecule has 23 heavy (non-hydrogen) atoms. The minimum absolute atomic E-state index is 0.324. The molecule has 0 amide bonds. The molecule has 0 bridgehead atoms. The van der Waals surface area contributed by atoms with Crippen LogP contribution in [-0.2, 0) is 0 Å². The van der Waals surface area contributed by atoms with Crippen molar-refractivity contribution in [2.45, 2.75) is 12.2 Å². The summed E-state index contributed by atoms with van der Waals surface area (Å²) in [5, 5.41) is 5.86. The first-order chi connectivity index (χ1) is 10.8. The van der Waals surface area contributed by atoms with Gasteiger partial charge in [-0.15, -0.1) is 11.3 Å². The molecule has 0 spiro atoms. The largest absolute Gasteiger partial charge is 0.507 e. The average Bonchev–Trinajstić information content (AvgIpc) is 2.85. The summed E-state index contributed by atoms with van der Waals surface area (Å²) >= 11 is 1.22. The lowest BCUT2D eigenvalue weighted by Crippen LogP contribution is -2.52. The highest BCUT2D eigenvalue weighted by Gasteiger charge is 2.65. The van der Waals surface area contributed by atoms with Gasteiger partial charge in [-0.25, -0.2) is 4.98 Å². The normalized spacial score (nSPS) is 18.1. The van der Waals surface area contributed by atoms with E-state index < -0.39 is 23.7 Å². The second kappa shape index (κ2) is 5.26. The Bertz CT molecular complexity index is 765. The van der Waals surface area contributed by atoms with E-state index in [4.69, 9.17) is 5.73 Å². The number of hydrogen-bond acceptors (Lipinski definition) is 7. The number of nitrogens with two attached hydrogens (primary N) is 1. The topological polar surface area (TPSA) is 81.8 Å². The maximum absolute atomic E-state index is 13.1. The van der Waals surface area contributed by atoms with Crippen molar-refractivity contribution in [2.75, 3.05) is 11.2 Å². The lowest BCUT2D eigenvalue weighted by atomic mass is 10.2. The Morgan fingerprint density at radius 1 is 1.17 bits per heavy atom. The molecule has 0 fully saturated rings. The molecule has 0 aliphatic carbocycles. The van der Waals surface area contributed by atoms with Crippen LogP contribution in [0.15, 0.2) is 28.7 Å². The third-order valence-electron chi connectivity index (χ3n) is 2.68. The lowest BCUT2D eigenvalue weighted by Gasteiger charge is -2.31. The summed E-state index contributed by atoms with van der Waals surface area (Å²) in [4.78, 5) is 3.89. The Morgan fingerprint density at radius 3 is 2.52 bits per heavy atom. The van der Waals surface area contributed by atoms with Crippen LogP contribution in [0.1, 0.15) is 5.56 Å². The fraction of sp³-hybridized carbons (Fsp3) is 0.167. The highest BCUT2D eigenvalue weighted by atomic mass is 32.1. The number of ether oxygens (including phenoxy) is 2. The van der Waals surface area contributed by atoms with Gasteiger partial charge in [-0.1, -0.05) is 0 Å². The Labute approximate surface area is 130 Å². The number of nitrogens with one attached hydrogen (secondary N) is 1. The summed E-state index contributed by atoms with van der Waals surface area (Å²) in [6.45, 7) is 0. The molecule has 3 rings (SSSR count). The van der Waals surface area contributed by atoms with E-state index in [1.807, 2.05) is 0 Å². The van der Waals surface area contributed by atoms with Crippen molar-refractivity contribution in [3.8, 4) is 11.5 Å². The maximum atomic E-state index is 13.1. The Morgan fingerprint density at radius 2 is 1.87 bits per heavy atom. The van der Waals surface area contributed by atoms with E-state index in [0.29, 0.717) is 16.5 Å². The van der Waals surface area contributed by atoms with Crippen LogP contribution in [0.2, 0.25) is 0 Å². The number of benzene rings is 1. The number of anilines is 2. The summed E-state index contributed by atoms with van der Waals surface area (Å²) in [6.07, 6.45) is -8.22. The average molecular weight is 348 g/mol. The van der Waals surface area contributed by atoms with Gasteiger partial charge in [0.15, 0.2) is 11.5 Å². The predicted molar refractivity (Wildman–Crippen MR) is 75.3 cm³/mol. The molecule has 3 N–H and O–H groups in total. The quantitative estimate of drug-likeness (QED) is 0.506. The monoisotopic (exact) mass is 348 g/mol. The summed E-state index contributed by atoms with van der Waals surface area (Å²) < 4.78 is 60.2. The number of hydrazone groups is 1. The molecule has 0 saturated carbocycles. The number of aromatic nitrogens is 1. The van der Waals surface area contributed by atoms with Crippen molar-refractivity contribution in [3.05, 3.63) is 29.1 Å². The molecular weight excluding hydrogens is 340 g/mol. The third kappa shape index (κ3) is 2.99. The van der Waals surface area contributed by atoms with Gasteiger partial charge in [-0.2, -0.15) is 22.7 Å². The molecule has 0 saturated heterocycles. The van der Waals surface area contributed by atoms with Crippen LogP contribution in [0.4, 0.5) is 28.5 Å². The van der Waals surface area contributed by atoms with Crippen LogP contribution in [0.3, 0.4) is 0 Å². The molecule has 1 aliphatic rings. The van der Waals surface area contributed by atoms with Gasteiger partial charge < -0.3 is 15.2 Å². The number of hydrogen-bond donors (Lipinski definition) is 2. The van der Waals surface area contributed by atoms with Crippen LogP contribution < -0.4 is 20.6 Å². The first-order valence-electron chi connectivity index (χ1n) is 6.05. The number of rotatable bonds is 3. The Balaban J connectivity index is 1.76. The highest BCUT2D eigenvalue weighted by molar-refractivity contribution is 7.14. The number of nitrogen functional groups attached to an aromatic ring is 1. The zero-order valence-corrected chi connectivity index (χ0v) is 11.9. The smallest absolute Gasteiger partial charge is 0.421 e. The van der Waals surface area contributed by atoms with Crippen LogP contribution in [0.25, 0.3) is 0 Å². The van der Waals surface area contributed by atoms with Crippen LogP contribution in [0, 0.1) is 0 Å². The molecule has 0 radical (unpaired) electrons. The standard InChI is InChI=1S/C12H8F4N4O2S/c13-11(14)12(15,16)22-8-3-6(1-2-7(8)21-11)4-18-20-10-19-9(17)5-23-10/h1-5H,17H2,(H,19,20). The second-order valence-corrected chi connectivity index (χ2v) is 5.25. The first kappa shape index (κ1) is 15.3. The van der Waals surface area contributed by atoms with Crippen LogP contribution in [0.5, 0.6) is 11.5 Å². The van der Waals surface area contributed by atoms with Crippen LogP contribution in [-0.4, -0.2) is 23.4 Å². The second-order valence-electron chi connectivity index (χ2n) is 4.39. The van der Waals surface area contributed by atoms with E-state index in [0.717, 1.165) is 12.1 Å². The number of fused-ring (bicyclic) bond motifs is 1. The fourth-order valence-corrected chi connectivity index (χ4v) is 2.21. The SMILES string of the molecule is Nc1csc(NN=Cc2ccc3c(c2)OC(F)(F)C(F)(F)O3)n1. The lowest BCUT2D eigenvalue weighted by molar-refractivity contribution is -0.391. The number of nitrogens with zero attached hydrogens (tertiary/aromatic N) is 2. The van der Waals surface area contributed by atoms with E-state index in [-0.39, 0.29) is 0 Å². The molecule has 0 atom stereocenters. The minimum Gasteiger partial charge on any atom is -0.421 e. The van der Waals surface area contributed by atoms with E-state index in [1.165, 1.54) is 23.6 Å². The first-order valence-corrected chi connectivity index (χ1v) is 6.92. The molecule has 2 heterocycles. The van der Waals surface area contributed by atoms with E-state index >= 15 is 0 Å². The van der Waals surface area contributed by atoms with Gasteiger partial charge in [0.25, 0.3) is 0 Å². The van der Waals surface area contributed by atoms with Crippen molar-refractivity contribution in [1.82, 2.24) is 4.98 Å². The molecule has 1 aromatic heterocycles. The van der Waals surface area contributed by atoms with Gasteiger partial charge in [-0.05, 0) is 23.8 Å². The van der Waals surface area contributed by atoms with Crippen molar-refractivity contribution in [2.24, 2.45) is 5.10 Å². The zero-order valence-electron chi connectivity index (χ0n) is 11.1. The third-order valence-corrected chi connectivity index (χ3v) is 3.44. The summed E-state index contributed by atoms with van der Waals surface area (Å²) in [5.74, 6) is -0.669. The van der Waals surface area contributed by atoms with Crippen molar-refractivity contribution < 1.29 is 27.0 Å². The molecule has 0 unspecified atom stereocenters. The van der Waals surface area contributed by atoms with Crippen molar-refractivity contribution in [3.63, 3.8) is 0 Å².